The van der Waals surface area contributed by atoms with Gasteiger partial charge in [-0.3, -0.25) is 4.57 Å². The van der Waals surface area contributed by atoms with Crippen LogP contribution in [0.5, 0.6) is 0 Å². The molecule has 0 spiro atoms. The molecular weight excluding hydrogens is 583 g/mol. The molecule has 48 heavy (non-hydrogen) atoms. The van der Waals surface area contributed by atoms with Gasteiger partial charge in [0.15, 0.2) is 0 Å². The van der Waals surface area contributed by atoms with Crippen molar-refractivity contribution >= 4 is 51.2 Å². The van der Waals surface area contributed by atoms with Crippen LogP contribution in [0.4, 0.5) is 0 Å². The largest absolute Gasteiger partial charge is 0.278 e. The topological polar surface area (TPSA) is 30.7 Å². The van der Waals surface area contributed by atoms with Crippen molar-refractivity contribution in [1.82, 2.24) is 14.5 Å². The number of aryl methyl sites for hydroxylation is 1. The van der Waals surface area contributed by atoms with E-state index in [9.17, 15) is 0 Å². The summed E-state index contributed by atoms with van der Waals surface area (Å²) < 4.78 is 2.34. The Morgan fingerprint density at radius 2 is 1.44 bits per heavy atom. The van der Waals surface area contributed by atoms with Crippen LogP contribution < -0.4 is 10.6 Å². The molecule has 0 saturated heterocycles. The number of nitrogens with zero attached hydrogens (tertiary/aromatic N) is 3. The van der Waals surface area contributed by atoms with E-state index in [4.69, 9.17) is 9.97 Å². The Balaban J connectivity index is 1.15. The predicted octanol–water partition coefficient (Wildman–Crippen LogP) is 9.46. The zero-order valence-corrected chi connectivity index (χ0v) is 27.8. The maximum Gasteiger partial charge on any atom is 0.235 e. The first-order chi connectivity index (χ1) is 23.5. The molecule has 3 aromatic carbocycles. The van der Waals surface area contributed by atoms with Gasteiger partial charge in [-0.05, 0) is 120 Å². The Bertz CT molecular complexity index is 2520. The van der Waals surface area contributed by atoms with Gasteiger partial charge in [0, 0.05) is 21.4 Å². The zero-order chi connectivity index (χ0) is 32.0. The van der Waals surface area contributed by atoms with Gasteiger partial charge in [0.1, 0.15) is 0 Å². The number of rotatable bonds is 3. The number of hydrogen-bond donors (Lipinski definition) is 0. The summed E-state index contributed by atoms with van der Waals surface area (Å²) in [7, 11) is 0. The maximum atomic E-state index is 5.49. The molecule has 0 fully saturated rings. The lowest BCUT2D eigenvalue weighted by molar-refractivity contribution is 0.655. The van der Waals surface area contributed by atoms with E-state index in [1.807, 2.05) is 0 Å². The van der Waals surface area contributed by atoms with Crippen molar-refractivity contribution in [2.75, 3.05) is 0 Å². The van der Waals surface area contributed by atoms with Crippen molar-refractivity contribution in [3.63, 3.8) is 0 Å². The van der Waals surface area contributed by atoms with Crippen molar-refractivity contribution in [3.8, 4) is 5.95 Å². The minimum atomic E-state index is -0.00382. The fourth-order valence-corrected chi connectivity index (χ4v) is 9.05. The van der Waals surface area contributed by atoms with Crippen molar-refractivity contribution in [1.29, 1.82) is 0 Å². The molecule has 10 rings (SSSR count). The highest BCUT2D eigenvalue weighted by Gasteiger charge is 2.39. The van der Waals surface area contributed by atoms with Crippen molar-refractivity contribution < 1.29 is 0 Å². The van der Waals surface area contributed by atoms with Gasteiger partial charge in [-0.1, -0.05) is 98.8 Å². The quantitative estimate of drug-likeness (QED) is 0.201. The van der Waals surface area contributed by atoms with E-state index in [-0.39, 0.29) is 5.41 Å². The van der Waals surface area contributed by atoms with Crippen molar-refractivity contribution in [2.24, 2.45) is 0 Å². The summed E-state index contributed by atoms with van der Waals surface area (Å²) in [6.45, 7) is 4.78. The summed E-state index contributed by atoms with van der Waals surface area (Å²) >= 11 is 0. The third-order valence-electron chi connectivity index (χ3n) is 11.5. The van der Waals surface area contributed by atoms with Crippen LogP contribution in [-0.4, -0.2) is 14.5 Å². The van der Waals surface area contributed by atoms with E-state index in [1.54, 1.807) is 0 Å². The van der Waals surface area contributed by atoms with Gasteiger partial charge >= 0.3 is 0 Å². The van der Waals surface area contributed by atoms with E-state index in [2.05, 4.69) is 122 Å². The Morgan fingerprint density at radius 3 is 2.35 bits per heavy atom. The third kappa shape index (κ3) is 4.13. The highest BCUT2D eigenvalue weighted by molar-refractivity contribution is 6.11. The Labute approximate surface area is 281 Å². The van der Waals surface area contributed by atoms with Crippen LogP contribution >= 0.6 is 0 Å². The zero-order valence-electron chi connectivity index (χ0n) is 27.8. The molecule has 5 aliphatic rings. The van der Waals surface area contributed by atoms with Gasteiger partial charge in [-0.2, -0.15) is 0 Å². The predicted molar refractivity (Wildman–Crippen MR) is 200 cm³/mol. The summed E-state index contributed by atoms with van der Waals surface area (Å²) in [5.74, 6) is 0.773. The average molecular weight is 622 g/mol. The molecule has 2 heterocycles. The fraction of sp³-hybridized carbons (Fsp3) is 0.244. The molecule has 0 atom stereocenters. The van der Waals surface area contributed by atoms with E-state index in [1.165, 1.54) is 71.6 Å². The van der Waals surface area contributed by atoms with E-state index in [0.717, 1.165) is 73.9 Å². The molecule has 3 heteroatoms. The fourth-order valence-electron chi connectivity index (χ4n) is 9.05. The number of para-hydroxylation sites is 1. The molecule has 0 unspecified atom stereocenters. The van der Waals surface area contributed by atoms with E-state index < -0.39 is 0 Å². The molecule has 2 aromatic heterocycles. The first-order valence-electron chi connectivity index (χ1n) is 17.8. The van der Waals surface area contributed by atoms with Crippen LogP contribution in [0.2, 0.25) is 0 Å². The first-order valence-corrected chi connectivity index (χ1v) is 17.8. The SMILES string of the molecule is CC1(C)C2=CCCC=C2c2cc3c(cc21)c1ccccc1n3-c1nc(C2=CC=C(C3=Cc4ccccc4CC3)CC2)c2c(n1)=CCCC=2. The molecule has 0 saturated carbocycles. The summed E-state index contributed by atoms with van der Waals surface area (Å²) in [5, 5.41) is 4.80. The van der Waals surface area contributed by atoms with Gasteiger partial charge in [0.25, 0.3) is 0 Å². The molecule has 5 aromatic rings. The second-order valence-corrected chi connectivity index (χ2v) is 14.6. The van der Waals surface area contributed by atoms with Gasteiger partial charge in [-0.25, -0.2) is 9.97 Å². The molecule has 0 aliphatic heterocycles. The van der Waals surface area contributed by atoms with Crippen LogP contribution in [0.15, 0.2) is 102 Å². The summed E-state index contributed by atoms with van der Waals surface area (Å²) in [4.78, 5) is 10.8. The number of fused-ring (bicyclic) bond motifs is 8. The second kappa shape index (κ2) is 10.5. The standard InChI is InChI=1S/C45H39N3/c1-45(2)38-16-8-5-13-33(38)36-27-42-37(26-39(36)45)34-14-7-10-18-41(34)48(42)44-46-40-17-9-6-15-35(40)43(47-44)30-22-19-29(20-23-30)32-24-21-28-11-3-4-12-31(28)25-32/h3-4,7,10-19,22,25-27H,5-6,8-9,20-21,23-24H2,1-2H3. The van der Waals surface area contributed by atoms with Crippen molar-refractivity contribution in [3.05, 3.63) is 140 Å². The van der Waals surface area contributed by atoms with Gasteiger partial charge in [-0.15, -0.1) is 0 Å². The minimum Gasteiger partial charge on any atom is -0.278 e. The molecule has 0 radical (unpaired) electrons. The molecule has 0 bridgehead atoms. The van der Waals surface area contributed by atoms with E-state index >= 15 is 0 Å². The maximum absolute atomic E-state index is 5.49. The lowest BCUT2D eigenvalue weighted by Crippen LogP contribution is -2.36. The van der Waals surface area contributed by atoms with Crippen LogP contribution in [0.1, 0.15) is 86.7 Å². The number of hydrogen-bond acceptors (Lipinski definition) is 2. The van der Waals surface area contributed by atoms with Crippen LogP contribution in [0.25, 0.3) is 57.1 Å². The third-order valence-corrected chi connectivity index (χ3v) is 11.5. The molecule has 3 nitrogen and oxygen atoms in total. The normalized spacial score (nSPS) is 19.1. The lowest BCUT2D eigenvalue weighted by atomic mass is 9.80. The first kappa shape index (κ1) is 28.0. The molecular formula is C45H39N3. The summed E-state index contributed by atoms with van der Waals surface area (Å²) in [6.07, 6.45) is 25.3. The second-order valence-electron chi connectivity index (χ2n) is 14.6. The molecule has 5 aliphatic carbocycles. The minimum absolute atomic E-state index is 0.00382. The Morgan fingerprint density at radius 1 is 0.667 bits per heavy atom. The summed E-state index contributed by atoms with van der Waals surface area (Å²) in [6, 6.07) is 22.6. The van der Waals surface area contributed by atoms with Gasteiger partial charge < -0.3 is 0 Å². The summed E-state index contributed by atoms with van der Waals surface area (Å²) in [5.41, 5.74) is 16.3. The molecule has 0 amide bonds. The average Bonchev–Trinajstić information content (AvgIpc) is 3.58. The van der Waals surface area contributed by atoms with Gasteiger partial charge in [0.2, 0.25) is 5.95 Å². The molecule has 0 N–H and O–H groups in total. The van der Waals surface area contributed by atoms with Gasteiger partial charge in [0.05, 0.1) is 22.1 Å². The Kier molecular flexibility index (Phi) is 6.13. The smallest absolute Gasteiger partial charge is 0.235 e. The molecule has 234 valence electrons. The number of benzene rings is 3. The van der Waals surface area contributed by atoms with Crippen LogP contribution in [0.3, 0.4) is 0 Å². The van der Waals surface area contributed by atoms with Crippen molar-refractivity contribution in [2.45, 2.75) is 70.6 Å². The Hall–Kier alpha value is -5.02. The van der Waals surface area contributed by atoms with Crippen LogP contribution in [-0.2, 0) is 11.8 Å². The lowest BCUT2D eigenvalue weighted by Gasteiger charge is -2.23. The number of aromatic nitrogens is 3. The monoisotopic (exact) mass is 621 g/mol. The highest BCUT2D eigenvalue weighted by Crippen LogP contribution is 2.53. The number of allylic oxidation sites excluding steroid dienone is 9. The highest BCUT2D eigenvalue weighted by atomic mass is 15.2. The van der Waals surface area contributed by atoms with Crippen LogP contribution in [0, 0.1) is 0 Å². The van der Waals surface area contributed by atoms with E-state index in [0.29, 0.717) is 0 Å².